The third kappa shape index (κ3) is 6.49. The van der Waals surface area contributed by atoms with Gasteiger partial charge in [0.25, 0.3) is 21.2 Å². The molecule has 3 rings (SSSR count). The van der Waals surface area contributed by atoms with Gasteiger partial charge >= 0.3 is 59.1 Å². The zero-order valence-corrected chi connectivity index (χ0v) is 20.8. The first kappa shape index (κ1) is 27.5. The number of aromatic amines is 1. The summed E-state index contributed by atoms with van der Waals surface area (Å²) in [6.45, 7) is -0.934. The van der Waals surface area contributed by atoms with Gasteiger partial charge in [0.2, 0.25) is 0 Å². The van der Waals surface area contributed by atoms with Gasteiger partial charge in [0, 0.05) is 0 Å². The number of ether oxygens (including phenoxy) is 1. The van der Waals surface area contributed by atoms with Crippen LogP contribution in [0.5, 0.6) is 0 Å². The fourth-order valence-electron chi connectivity index (χ4n) is 2.46. The minimum absolute atomic E-state index is 0. The van der Waals surface area contributed by atoms with Crippen LogP contribution in [-0.4, -0.2) is 59.5 Å². The van der Waals surface area contributed by atoms with Gasteiger partial charge in [-0.05, 0) is 0 Å². The van der Waals surface area contributed by atoms with E-state index in [0.29, 0.717) is 0 Å². The molecule has 6 atom stereocenters. The summed E-state index contributed by atoms with van der Waals surface area (Å²) >= 11 is 0. The van der Waals surface area contributed by atoms with E-state index in [0.717, 1.165) is 17.2 Å². The van der Waals surface area contributed by atoms with Crippen LogP contribution in [0.25, 0.3) is 11.2 Å². The largest absolute Gasteiger partial charge is 1.00 e. The maximum Gasteiger partial charge on any atom is 1.00 e. The molecule has 2 aromatic heterocycles. The first-order valence-corrected chi connectivity index (χ1v) is 10.1. The molecule has 0 spiro atoms. The molecular weight excluding hydrogens is 460 g/mol. The van der Waals surface area contributed by atoms with E-state index in [2.05, 4.69) is 23.8 Å². The average molecular weight is 472 g/mol. The first-order valence-electron chi connectivity index (χ1n) is 7.11. The van der Waals surface area contributed by atoms with Gasteiger partial charge in [0.05, 0.1) is 19.3 Å². The number of aliphatic hydroxyl groups is 2. The quantitative estimate of drug-likeness (QED) is 0.226. The number of nitrogens with one attached hydrogen (secondary N) is 1. The molecule has 150 valence electrons. The maximum absolute atomic E-state index is 11.7. The van der Waals surface area contributed by atoms with Gasteiger partial charge in [-0.15, -0.1) is 0 Å². The number of aliphatic hydroxyl groups excluding tert-OH is 2. The SMILES string of the molecule is O=c1[nH]cnc2c1ncn2[C@@H]1O[C@H](COP(=O)([O-])OP(=O)([O-])O)[C@@H](O)[C@H]1O.[Na+].[Na+]. The van der Waals surface area contributed by atoms with Crippen molar-refractivity contribution in [3.8, 4) is 0 Å². The number of phosphoric acid groups is 2. The number of nitrogens with zero attached hydrogens (tertiary/aromatic N) is 3. The molecule has 0 saturated carbocycles. The Morgan fingerprint density at radius 3 is 2.52 bits per heavy atom. The summed E-state index contributed by atoms with van der Waals surface area (Å²) in [6, 6.07) is 0. The molecule has 1 fully saturated rings. The summed E-state index contributed by atoms with van der Waals surface area (Å²) in [6.07, 6.45) is -3.77. The number of imidazole rings is 1. The molecule has 4 N–H and O–H groups in total. The topological polar surface area (TPSA) is 232 Å². The van der Waals surface area contributed by atoms with Gasteiger partial charge in [0.1, 0.15) is 18.3 Å². The summed E-state index contributed by atoms with van der Waals surface area (Å²) in [4.78, 5) is 51.8. The number of rotatable bonds is 6. The smallest absolute Gasteiger partial charge is 0.756 e. The molecule has 2 unspecified atom stereocenters. The maximum atomic E-state index is 11.7. The number of hydrogen-bond donors (Lipinski definition) is 4. The minimum Gasteiger partial charge on any atom is -0.756 e. The van der Waals surface area contributed by atoms with Gasteiger partial charge in [-0.25, -0.2) is 14.3 Å². The van der Waals surface area contributed by atoms with Crippen molar-refractivity contribution >= 4 is 26.8 Å². The van der Waals surface area contributed by atoms with Crippen LogP contribution in [0.1, 0.15) is 6.23 Å². The second-order valence-corrected chi connectivity index (χ2v) is 8.14. The van der Waals surface area contributed by atoms with Crippen LogP contribution in [0, 0.1) is 0 Å². The Balaban J connectivity index is 0.00000210. The van der Waals surface area contributed by atoms with Crippen LogP contribution in [0.4, 0.5) is 0 Å². The fourth-order valence-corrected chi connectivity index (χ4v) is 3.99. The van der Waals surface area contributed by atoms with Gasteiger partial charge in [0.15, 0.2) is 17.4 Å². The van der Waals surface area contributed by atoms with Crippen molar-refractivity contribution < 1.29 is 107 Å². The summed E-state index contributed by atoms with van der Waals surface area (Å²) in [5, 5.41) is 20.1. The molecule has 29 heavy (non-hydrogen) atoms. The summed E-state index contributed by atoms with van der Waals surface area (Å²) in [5.41, 5.74) is -0.585. The molecule has 1 aliphatic heterocycles. The molecular formula is C10H12N4Na2O11P2. The predicted octanol–water partition coefficient (Wildman–Crippen LogP) is -9.29. The van der Waals surface area contributed by atoms with Crippen LogP contribution in [-0.2, 0) is 22.7 Å². The van der Waals surface area contributed by atoms with Crippen molar-refractivity contribution in [2.24, 2.45) is 0 Å². The van der Waals surface area contributed by atoms with E-state index in [4.69, 9.17) is 9.63 Å². The minimum atomic E-state index is -5.62. The molecule has 0 amide bonds. The molecule has 1 aliphatic rings. The zero-order valence-electron chi connectivity index (χ0n) is 15.0. The Hall–Kier alpha value is 0.490. The number of aromatic nitrogens is 4. The van der Waals surface area contributed by atoms with Gasteiger partial charge < -0.3 is 39.1 Å². The Morgan fingerprint density at radius 1 is 1.24 bits per heavy atom. The Morgan fingerprint density at radius 2 is 1.90 bits per heavy atom. The third-order valence-corrected chi connectivity index (χ3v) is 5.67. The standard InChI is InChI=1S/C10H14N4O11P2.2Na/c15-6-4(1-23-27(21,22)25-26(18,19)20)24-10(7(6)16)14-3-13-5-8(14)11-2-12-9(5)17;;/h2-4,6-7,10,15-16H,1H2,(H,21,22)(H,11,12,17)(H2,18,19,20);;/q;2*+1/p-2/t4-,6-,7-,10-;;/m1../s1. The summed E-state index contributed by atoms with van der Waals surface area (Å²) in [5.74, 6) is 0. The van der Waals surface area contributed by atoms with E-state index in [1.807, 2.05) is 0 Å². The number of H-pyrrole nitrogens is 1. The van der Waals surface area contributed by atoms with E-state index in [1.165, 1.54) is 0 Å². The monoisotopic (exact) mass is 472 g/mol. The van der Waals surface area contributed by atoms with Gasteiger partial charge in [-0.3, -0.25) is 18.5 Å². The summed E-state index contributed by atoms with van der Waals surface area (Å²) in [7, 11) is -11.1. The Labute approximate surface area is 205 Å². The number of fused-ring (bicyclic) bond motifs is 1. The molecule has 1 saturated heterocycles. The summed E-state index contributed by atoms with van der Waals surface area (Å²) < 4.78 is 35.9. The van der Waals surface area contributed by atoms with E-state index >= 15 is 0 Å². The molecule has 0 aliphatic carbocycles. The van der Waals surface area contributed by atoms with Crippen molar-refractivity contribution in [2.45, 2.75) is 24.5 Å². The van der Waals surface area contributed by atoms with E-state index in [1.54, 1.807) is 0 Å². The van der Waals surface area contributed by atoms with Crippen LogP contribution in [0.3, 0.4) is 0 Å². The van der Waals surface area contributed by atoms with Crippen LogP contribution in [0.15, 0.2) is 17.4 Å². The van der Waals surface area contributed by atoms with Crippen molar-refractivity contribution in [3.63, 3.8) is 0 Å². The molecule has 15 nitrogen and oxygen atoms in total. The van der Waals surface area contributed by atoms with Crippen molar-refractivity contribution in [2.75, 3.05) is 6.61 Å². The van der Waals surface area contributed by atoms with Crippen molar-refractivity contribution in [1.82, 2.24) is 19.5 Å². The van der Waals surface area contributed by atoms with E-state index in [9.17, 15) is 33.9 Å². The molecule has 3 heterocycles. The second-order valence-electron chi connectivity index (χ2n) is 5.40. The first-order chi connectivity index (χ1) is 12.5. The van der Waals surface area contributed by atoms with Crippen molar-refractivity contribution in [3.05, 3.63) is 23.0 Å². The van der Waals surface area contributed by atoms with Crippen LogP contribution < -0.4 is 74.5 Å². The molecule has 0 bridgehead atoms. The van der Waals surface area contributed by atoms with Crippen molar-refractivity contribution in [1.29, 1.82) is 0 Å². The predicted molar refractivity (Wildman–Crippen MR) is 78.5 cm³/mol. The number of phosphoric ester groups is 1. The Kier molecular flexibility index (Phi) is 9.87. The van der Waals surface area contributed by atoms with Crippen LogP contribution in [0.2, 0.25) is 0 Å². The zero-order chi connectivity index (χ0) is 20.0. The molecule has 0 aromatic carbocycles. The third-order valence-electron chi connectivity index (χ3n) is 3.58. The van der Waals surface area contributed by atoms with Gasteiger partial charge in [-0.2, -0.15) is 0 Å². The second kappa shape index (κ2) is 10.4. The van der Waals surface area contributed by atoms with E-state index in [-0.39, 0.29) is 70.3 Å². The number of hydrogen-bond acceptors (Lipinski definition) is 12. The molecule has 19 heteroatoms. The van der Waals surface area contributed by atoms with E-state index < -0.39 is 52.4 Å². The molecule has 0 radical (unpaired) electrons. The molecule has 2 aromatic rings. The van der Waals surface area contributed by atoms with Crippen LogP contribution >= 0.6 is 15.6 Å². The normalized spacial score (nSPS) is 28.2. The van der Waals surface area contributed by atoms with Gasteiger partial charge in [-0.1, -0.05) is 0 Å². The average Bonchev–Trinajstić information content (AvgIpc) is 3.07. The Bertz CT molecular complexity index is 995. The fraction of sp³-hybridized carbons (Fsp3) is 0.500.